The number of hydrogen-bond donors (Lipinski definition) is 0. The number of alkyl halides is 1. The zero-order valence-corrected chi connectivity index (χ0v) is 24.7. The number of hydrogen-bond acceptors (Lipinski definition) is 9. The first-order chi connectivity index (χ1) is 21.5. The molecule has 44 heavy (non-hydrogen) atoms. The molecule has 0 aliphatic carbocycles. The summed E-state index contributed by atoms with van der Waals surface area (Å²) in [6.45, 7) is 3.80. The smallest absolute Gasteiger partial charge is 0.339 e. The predicted molar refractivity (Wildman–Crippen MR) is 159 cm³/mol. The first-order valence-electron chi connectivity index (χ1n) is 14.5. The second kappa shape index (κ2) is 13.6. The van der Waals surface area contributed by atoms with E-state index in [1.165, 1.54) is 12.1 Å². The zero-order valence-electron chi connectivity index (χ0n) is 24.0. The lowest BCUT2D eigenvalue weighted by Crippen LogP contribution is -2.39. The van der Waals surface area contributed by atoms with Crippen molar-refractivity contribution in [3.05, 3.63) is 83.1 Å². The number of benzene rings is 2. The van der Waals surface area contributed by atoms with E-state index >= 15 is 0 Å². The summed E-state index contributed by atoms with van der Waals surface area (Å²) < 4.78 is 38.8. The van der Waals surface area contributed by atoms with Crippen LogP contribution in [0.1, 0.15) is 46.7 Å². The molecule has 4 aromatic rings. The third-order valence-electron chi connectivity index (χ3n) is 7.83. The molecule has 2 aromatic carbocycles. The van der Waals surface area contributed by atoms with Crippen LogP contribution in [0, 0.1) is 17.1 Å². The molecule has 0 amide bonds. The van der Waals surface area contributed by atoms with E-state index in [9.17, 15) is 9.18 Å². The molecule has 0 radical (unpaired) electrons. The first-order valence-corrected chi connectivity index (χ1v) is 15.0. The van der Waals surface area contributed by atoms with Crippen molar-refractivity contribution in [3.8, 4) is 17.7 Å². The molecule has 2 aliphatic heterocycles. The molecule has 0 unspecified atom stereocenters. The maximum atomic E-state index is 14.2. The lowest BCUT2D eigenvalue weighted by atomic mass is 10.1. The second-order valence-corrected chi connectivity index (χ2v) is 11.0. The number of fused-ring (bicyclic) bond motifs is 1. The summed E-state index contributed by atoms with van der Waals surface area (Å²) in [4.78, 5) is 24.1. The van der Waals surface area contributed by atoms with Gasteiger partial charge in [-0.25, -0.2) is 19.2 Å². The maximum absolute atomic E-state index is 14.2. The van der Waals surface area contributed by atoms with Crippen molar-refractivity contribution in [1.29, 1.82) is 5.26 Å². The number of pyridine rings is 1. The number of esters is 1. The maximum Gasteiger partial charge on any atom is 0.339 e. The van der Waals surface area contributed by atoms with Crippen LogP contribution >= 0.6 is 11.6 Å². The van der Waals surface area contributed by atoms with Crippen molar-refractivity contribution >= 4 is 28.6 Å². The van der Waals surface area contributed by atoms with E-state index in [-0.39, 0.29) is 36.2 Å². The average Bonchev–Trinajstić information content (AvgIpc) is 3.35. The molecule has 12 heteroatoms. The minimum atomic E-state index is -0.591. The quantitative estimate of drug-likeness (QED) is 0.165. The van der Waals surface area contributed by atoms with Gasteiger partial charge in [-0.1, -0.05) is 17.7 Å². The molecule has 0 saturated carbocycles. The van der Waals surface area contributed by atoms with Gasteiger partial charge in [-0.15, -0.1) is 0 Å². The standard InChI is InChI=1S/C32H31ClFN5O5/c33-20-43-32(40)22-5-6-27-28(15-22)39(17-25-10-13-41-25)30(37-27)18-38-11-8-24(9-12-38)44-31-3-1-2-23(36-31)19-42-29-7-4-21(16-35)14-26(29)34/h1-7,14-15,24-25H,8-13,17-20H2/t25-/m0/s1. The van der Waals surface area contributed by atoms with Crippen molar-refractivity contribution in [2.45, 2.75) is 51.2 Å². The van der Waals surface area contributed by atoms with E-state index in [4.69, 9.17) is 40.8 Å². The molecule has 10 nitrogen and oxygen atoms in total. The van der Waals surface area contributed by atoms with Crippen LogP contribution in [0.25, 0.3) is 11.0 Å². The molecule has 2 saturated heterocycles. The molecular weight excluding hydrogens is 589 g/mol. The lowest BCUT2D eigenvalue weighted by molar-refractivity contribution is -0.0592. The number of nitriles is 1. The van der Waals surface area contributed by atoms with E-state index in [0.29, 0.717) is 30.2 Å². The minimum Gasteiger partial charge on any atom is -0.484 e. The Morgan fingerprint density at radius 1 is 1.11 bits per heavy atom. The van der Waals surface area contributed by atoms with Crippen LogP contribution in [0.2, 0.25) is 0 Å². The molecule has 2 fully saturated rings. The predicted octanol–water partition coefficient (Wildman–Crippen LogP) is 5.21. The Balaban J connectivity index is 1.06. The summed E-state index contributed by atoms with van der Waals surface area (Å²) in [5, 5.41) is 8.91. The van der Waals surface area contributed by atoms with Gasteiger partial charge in [0.05, 0.1) is 53.1 Å². The average molecular weight is 620 g/mol. The number of nitrogens with zero attached hydrogens (tertiary/aromatic N) is 5. The molecule has 4 heterocycles. The number of rotatable bonds is 11. The van der Waals surface area contributed by atoms with Gasteiger partial charge in [-0.05, 0) is 61.7 Å². The third kappa shape index (κ3) is 6.94. The topological polar surface area (TPSA) is 112 Å². The number of piperidine rings is 1. The van der Waals surface area contributed by atoms with Gasteiger partial charge in [-0.3, -0.25) is 4.90 Å². The Kier molecular flexibility index (Phi) is 9.21. The van der Waals surface area contributed by atoms with Gasteiger partial charge in [0, 0.05) is 25.8 Å². The normalized spacial score (nSPS) is 17.2. The Morgan fingerprint density at radius 3 is 2.68 bits per heavy atom. The van der Waals surface area contributed by atoms with Crippen LogP contribution in [-0.4, -0.2) is 63.4 Å². The fourth-order valence-electron chi connectivity index (χ4n) is 5.39. The van der Waals surface area contributed by atoms with Gasteiger partial charge in [0.2, 0.25) is 5.88 Å². The van der Waals surface area contributed by atoms with Crippen LogP contribution in [0.15, 0.2) is 54.6 Å². The summed E-state index contributed by atoms with van der Waals surface area (Å²) in [6, 6.07) is 16.6. The fourth-order valence-corrected chi connectivity index (χ4v) is 5.49. The van der Waals surface area contributed by atoms with Crippen LogP contribution in [0.3, 0.4) is 0 Å². The van der Waals surface area contributed by atoms with Gasteiger partial charge in [0.1, 0.15) is 18.5 Å². The largest absolute Gasteiger partial charge is 0.484 e. The summed E-state index contributed by atoms with van der Waals surface area (Å²) in [5.41, 5.74) is 2.96. The summed E-state index contributed by atoms with van der Waals surface area (Å²) >= 11 is 5.59. The number of likely N-dealkylation sites (tertiary alicyclic amines) is 1. The summed E-state index contributed by atoms with van der Waals surface area (Å²) in [7, 11) is 0. The Morgan fingerprint density at radius 2 is 1.95 bits per heavy atom. The Bertz CT molecular complexity index is 1680. The monoisotopic (exact) mass is 619 g/mol. The summed E-state index contributed by atoms with van der Waals surface area (Å²) in [6.07, 6.45) is 2.76. The highest BCUT2D eigenvalue weighted by Gasteiger charge is 2.26. The second-order valence-electron chi connectivity index (χ2n) is 10.8. The van der Waals surface area contributed by atoms with Crippen molar-refractivity contribution in [1.82, 2.24) is 19.4 Å². The molecule has 6 rings (SSSR count). The number of ether oxygens (including phenoxy) is 4. The number of carbonyl (C=O) groups excluding carboxylic acids is 1. The van der Waals surface area contributed by atoms with E-state index in [1.807, 2.05) is 24.3 Å². The molecule has 2 aliphatic rings. The van der Waals surface area contributed by atoms with Crippen LogP contribution < -0.4 is 9.47 Å². The molecular formula is C32H31ClFN5O5. The lowest BCUT2D eigenvalue weighted by Gasteiger charge is -2.32. The van der Waals surface area contributed by atoms with Gasteiger partial charge in [-0.2, -0.15) is 5.26 Å². The molecule has 0 N–H and O–H groups in total. The Hall–Kier alpha value is -4.24. The van der Waals surface area contributed by atoms with Gasteiger partial charge < -0.3 is 23.5 Å². The van der Waals surface area contributed by atoms with Gasteiger partial charge in [0.15, 0.2) is 17.6 Å². The highest BCUT2D eigenvalue weighted by atomic mass is 35.5. The summed E-state index contributed by atoms with van der Waals surface area (Å²) in [5.74, 6) is 0.423. The number of aromatic nitrogens is 3. The van der Waals surface area contributed by atoms with Crippen molar-refractivity contribution in [2.75, 3.05) is 25.8 Å². The number of carbonyl (C=O) groups is 1. The molecule has 2 aromatic heterocycles. The molecule has 228 valence electrons. The SMILES string of the molecule is N#Cc1ccc(OCc2cccc(OC3CCN(Cc4nc5ccc(C(=O)OCCl)cc5n4C[C@@H]4CCO4)CC3)n2)c(F)c1. The van der Waals surface area contributed by atoms with Crippen molar-refractivity contribution < 1.29 is 28.1 Å². The van der Waals surface area contributed by atoms with E-state index < -0.39 is 11.8 Å². The van der Waals surface area contributed by atoms with Crippen molar-refractivity contribution in [3.63, 3.8) is 0 Å². The zero-order chi connectivity index (χ0) is 30.5. The van der Waals surface area contributed by atoms with E-state index in [1.54, 1.807) is 18.2 Å². The fraction of sp³-hybridized carbons (Fsp3) is 0.375. The number of halogens is 2. The highest BCUT2D eigenvalue weighted by Crippen LogP contribution is 2.26. The van der Waals surface area contributed by atoms with Gasteiger partial charge >= 0.3 is 5.97 Å². The van der Waals surface area contributed by atoms with Crippen LogP contribution in [0.5, 0.6) is 11.6 Å². The van der Waals surface area contributed by atoms with Crippen LogP contribution in [0.4, 0.5) is 4.39 Å². The first kappa shape index (κ1) is 29.8. The van der Waals surface area contributed by atoms with E-state index in [2.05, 4.69) is 14.5 Å². The van der Waals surface area contributed by atoms with Crippen molar-refractivity contribution in [2.24, 2.45) is 0 Å². The molecule has 1 atom stereocenters. The van der Waals surface area contributed by atoms with Crippen LogP contribution in [-0.2, 0) is 29.2 Å². The van der Waals surface area contributed by atoms with E-state index in [0.717, 1.165) is 61.9 Å². The highest BCUT2D eigenvalue weighted by molar-refractivity contribution is 6.17. The number of imidazole rings is 1. The molecule has 0 bridgehead atoms. The molecule has 0 spiro atoms. The van der Waals surface area contributed by atoms with Gasteiger partial charge in [0.25, 0.3) is 0 Å². The minimum absolute atomic E-state index is 0.00332. The third-order valence-corrected chi connectivity index (χ3v) is 7.94. The Labute approximate surface area is 258 Å².